The smallest absolute Gasteiger partial charge is 0.184 e. The van der Waals surface area contributed by atoms with Gasteiger partial charge in [-0.15, -0.1) is 0 Å². The van der Waals surface area contributed by atoms with Gasteiger partial charge in [0.05, 0.1) is 44.1 Å². The molecule has 550 valence electrons. The number of fused-ring (bicyclic) bond motifs is 16. The average Bonchev–Trinajstić information content (AvgIpc) is 1.67. The largest absolute Gasteiger partial charge is 0.311 e. The van der Waals surface area contributed by atoms with E-state index in [1.54, 1.807) is 0 Å². The molecule has 0 N–H and O–H groups in total. The summed E-state index contributed by atoms with van der Waals surface area (Å²) >= 11 is 0. The fourth-order valence-electron chi connectivity index (χ4n) is 20.1. The van der Waals surface area contributed by atoms with Gasteiger partial charge in [0.25, 0.3) is 0 Å². The summed E-state index contributed by atoms with van der Waals surface area (Å²) in [6.07, 6.45) is 0. The van der Waals surface area contributed by atoms with Crippen LogP contribution in [0.15, 0.2) is 443 Å². The fraction of sp³-hybridized carbons (Fsp3) is 0.00917. The zero-order valence-corrected chi connectivity index (χ0v) is 66.3. The van der Waals surface area contributed by atoms with Crippen LogP contribution in [0.25, 0.3) is 110 Å². The van der Waals surface area contributed by atoms with Crippen molar-refractivity contribution in [3.05, 3.63) is 448 Å². The Kier molecular flexibility index (Phi) is 15.8. The first-order chi connectivity index (χ1) is 58.0. The van der Waals surface area contributed by atoms with Crippen LogP contribution in [0.4, 0.5) is 34.1 Å². The molecule has 8 heteroatoms. The van der Waals surface area contributed by atoms with Crippen LogP contribution in [0.5, 0.6) is 0 Å². The number of aryl methyl sites for hydroxylation is 1. The Morgan fingerprint density at radius 3 is 0.564 bits per heavy atom. The standard InChI is InChI=1S/C55H39N3Si.C54H37N3Si/c1-38-28-30-39(31-29-38)56-52-34-32-40(57-48-24-12-8-20-44(48)45-21-9-13-25-49(45)57)36-54(52)59(42-16-4-2-5-17-42,43-18-6-3-7-19-43)55-37-41(33-35-53(55)56)58-50-26-14-10-22-46(50)47-23-11-15-27-51(47)58;1-4-18-38(19-5-1)55-51-34-32-39(56-47-28-14-10-24-43(47)44-25-11-15-29-48(44)56)36-53(51)58(41-20-6-2-7-21-41,42-22-8-3-9-23-42)54-37-40(33-35-52(54)55)57-49-30-16-12-26-45(49)46-27-13-17-31-50(46)57/h2-37H,1H3;1-37H. The maximum absolute atomic E-state index is 3.09. The van der Waals surface area contributed by atoms with Crippen molar-refractivity contribution in [2.75, 3.05) is 9.80 Å². The summed E-state index contributed by atoms with van der Waals surface area (Å²) in [5.41, 5.74) is 22.7. The summed E-state index contributed by atoms with van der Waals surface area (Å²) in [4.78, 5) is 5.03. The number of aromatic nitrogens is 4. The topological polar surface area (TPSA) is 26.2 Å². The summed E-state index contributed by atoms with van der Waals surface area (Å²) in [7, 11) is -6.16. The molecule has 0 saturated carbocycles. The minimum Gasteiger partial charge on any atom is -0.311 e. The molecule has 0 unspecified atom stereocenters. The molecule has 22 aromatic rings. The molecule has 4 aromatic heterocycles. The van der Waals surface area contributed by atoms with Crippen LogP contribution in [-0.2, 0) is 0 Å². The normalized spacial score (nSPS) is 13.3. The van der Waals surface area contributed by atoms with Crippen molar-refractivity contribution < 1.29 is 0 Å². The number of hydrogen-bond acceptors (Lipinski definition) is 2. The fourth-order valence-corrected chi connectivity index (χ4v) is 30.4. The van der Waals surface area contributed by atoms with E-state index < -0.39 is 16.1 Å². The van der Waals surface area contributed by atoms with Gasteiger partial charge >= 0.3 is 0 Å². The number of hydrogen-bond donors (Lipinski definition) is 0. The van der Waals surface area contributed by atoms with Crippen molar-refractivity contribution in [3.63, 3.8) is 0 Å². The van der Waals surface area contributed by atoms with Crippen molar-refractivity contribution in [2.24, 2.45) is 0 Å². The second-order valence-corrected chi connectivity index (χ2v) is 38.6. The van der Waals surface area contributed by atoms with Crippen molar-refractivity contribution in [2.45, 2.75) is 6.92 Å². The molecule has 2 aliphatic heterocycles. The zero-order valence-electron chi connectivity index (χ0n) is 64.3. The summed E-state index contributed by atoms with van der Waals surface area (Å²) < 4.78 is 9.88. The third-order valence-electron chi connectivity index (χ3n) is 25.0. The highest BCUT2D eigenvalue weighted by molar-refractivity contribution is 7.22. The van der Waals surface area contributed by atoms with E-state index in [-0.39, 0.29) is 0 Å². The summed E-state index contributed by atoms with van der Waals surface area (Å²) in [6.45, 7) is 2.17. The van der Waals surface area contributed by atoms with Gasteiger partial charge in [0.1, 0.15) is 0 Å². The molecule has 0 bridgehead atoms. The molecule has 6 nitrogen and oxygen atoms in total. The van der Waals surface area contributed by atoms with Gasteiger partial charge in [-0.3, -0.25) is 0 Å². The number of benzene rings is 18. The van der Waals surface area contributed by atoms with Crippen LogP contribution in [0.2, 0.25) is 0 Å². The molecule has 0 atom stereocenters. The predicted octanol–water partition coefficient (Wildman–Crippen LogP) is 22.4. The predicted molar refractivity (Wildman–Crippen MR) is 499 cm³/mol. The second-order valence-electron chi connectivity index (χ2n) is 31.1. The SMILES string of the molecule is Cc1ccc(N2c3ccc(-n4c5ccccc5c5ccccc54)cc3[Si](c3ccccc3)(c3ccccc3)c3cc(-n4c5ccccc5c5ccccc54)ccc32)cc1.c1ccc(N2c3ccc(-n4c5ccccc5c5ccccc54)cc3[Si](c3ccccc3)(c3ccccc3)c3cc(-n4c5ccccc5c5ccccc54)ccc32)cc1. The van der Waals surface area contributed by atoms with Crippen LogP contribution < -0.4 is 51.3 Å². The van der Waals surface area contributed by atoms with E-state index in [1.807, 2.05) is 0 Å². The first-order valence-electron chi connectivity index (χ1n) is 40.5. The Labute approximate surface area is 680 Å². The molecule has 18 aromatic carbocycles. The van der Waals surface area contributed by atoms with Crippen molar-refractivity contribution in [1.82, 2.24) is 18.3 Å². The van der Waals surface area contributed by atoms with Crippen molar-refractivity contribution in [1.29, 1.82) is 0 Å². The van der Waals surface area contributed by atoms with Gasteiger partial charge < -0.3 is 28.1 Å². The first kappa shape index (κ1) is 67.8. The minimum atomic E-state index is -3.09. The minimum absolute atomic E-state index is 1.14. The van der Waals surface area contributed by atoms with Gasteiger partial charge in [-0.05, 0) is 194 Å². The third kappa shape index (κ3) is 10.3. The van der Waals surface area contributed by atoms with Crippen LogP contribution in [0.1, 0.15) is 5.56 Å². The zero-order chi connectivity index (χ0) is 77.3. The summed E-state index contributed by atoms with van der Waals surface area (Å²) in [5.74, 6) is 0. The van der Waals surface area contributed by atoms with Crippen LogP contribution in [-0.4, -0.2) is 34.4 Å². The number of rotatable bonds is 10. The average molecular weight is 1530 g/mol. The van der Waals surface area contributed by atoms with Gasteiger partial charge in [0, 0.05) is 100.0 Å². The molecule has 0 spiro atoms. The lowest BCUT2D eigenvalue weighted by atomic mass is 10.1. The Morgan fingerprint density at radius 2 is 0.342 bits per heavy atom. The van der Waals surface area contributed by atoms with Crippen LogP contribution in [0.3, 0.4) is 0 Å². The molecular weight excluding hydrogens is 1450 g/mol. The van der Waals surface area contributed by atoms with Gasteiger partial charge in [0.2, 0.25) is 0 Å². The molecule has 0 saturated heterocycles. The highest BCUT2D eigenvalue weighted by Gasteiger charge is 2.51. The van der Waals surface area contributed by atoms with E-state index in [9.17, 15) is 0 Å². The van der Waals surface area contributed by atoms with E-state index >= 15 is 0 Å². The van der Waals surface area contributed by atoms with Gasteiger partial charge in [-0.1, -0.05) is 303 Å². The molecule has 0 radical (unpaired) electrons. The molecule has 0 amide bonds. The van der Waals surface area contributed by atoms with Crippen LogP contribution >= 0.6 is 0 Å². The van der Waals surface area contributed by atoms with E-state index in [0.29, 0.717) is 0 Å². The number of para-hydroxylation sites is 9. The quantitative estimate of drug-likeness (QED) is 0.128. The Bertz CT molecular complexity index is 7030. The van der Waals surface area contributed by atoms with E-state index in [0.717, 1.165) is 34.1 Å². The lowest BCUT2D eigenvalue weighted by molar-refractivity contribution is 1.17. The molecular formula is C109H76N6Si2. The summed E-state index contributed by atoms with van der Waals surface area (Å²) in [6, 6.07) is 165. The lowest BCUT2D eigenvalue weighted by Crippen LogP contribution is -2.77. The van der Waals surface area contributed by atoms with Gasteiger partial charge in [-0.2, -0.15) is 0 Å². The molecule has 0 fully saturated rings. The highest BCUT2D eigenvalue weighted by atomic mass is 28.3. The number of anilines is 6. The molecule has 2 aliphatic rings. The van der Waals surface area contributed by atoms with E-state index in [1.165, 1.54) is 157 Å². The Balaban J connectivity index is 0.000000138. The maximum atomic E-state index is 2.54. The first-order valence-corrected chi connectivity index (χ1v) is 44.5. The highest BCUT2D eigenvalue weighted by Crippen LogP contribution is 2.46. The monoisotopic (exact) mass is 1520 g/mol. The summed E-state index contributed by atoms with van der Waals surface area (Å²) in [5, 5.41) is 21.0. The van der Waals surface area contributed by atoms with E-state index in [4.69, 9.17) is 0 Å². The Hall–Kier alpha value is -14.8. The van der Waals surface area contributed by atoms with Gasteiger partial charge in [-0.25, -0.2) is 0 Å². The van der Waals surface area contributed by atoms with E-state index in [2.05, 4.69) is 478 Å². The van der Waals surface area contributed by atoms with Crippen molar-refractivity contribution in [3.8, 4) is 22.7 Å². The second kappa shape index (κ2) is 27.2. The molecule has 117 heavy (non-hydrogen) atoms. The Morgan fingerprint density at radius 1 is 0.162 bits per heavy atom. The van der Waals surface area contributed by atoms with Crippen molar-refractivity contribution >= 4 is 179 Å². The molecule has 24 rings (SSSR count). The maximum Gasteiger partial charge on any atom is 0.184 e. The van der Waals surface area contributed by atoms with Crippen LogP contribution in [0, 0.1) is 6.92 Å². The van der Waals surface area contributed by atoms with Gasteiger partial charge in [0.15, 0.2) is 16.1 Å². The molecule has 6 heterocycles. The molecule has 0 aliphatic carbocycles. The third-order valence-corrected chi connectivity index (χ3v) is 34.6. The lowest BCUT2D eigenvalue weighted by Gasteiger charge is -2.45. The number of nitrogens with zero attached hydrogens (tertiary/aromatic N) is 6.